The van der Waals surface area contributed by atoms with Gasteiger partial charge in [-0.1, -0.05) is 181 Å². The number of pyridine rings is 4. The molecule has 11 aromatic rings. The fourth-order valence-corrected chi connectivity index (χ4v) is 18.3. The lowest BCUT2D eigenvalue weighted by Gasteiger charge is -2.26. The lowest BCUT2D eigenvalue weighted by molar-refractivity contribution is -0.157. The van der Waals surface area contributed by atoms with Gasteiger partial charge >= 0.3 is 23.9 Å². The van der Waals surface area contributed by atoms with Crippen LogP contribution in [-0.4, -0.2) is 134 Å². The average molecular weight is 1850 g/mol. The molecule has 7 fully saturated rings. The second kappa shape index (κ2) is 44.5. The number of methoxy groups -OCH3 is 1. The number of cyclic esters (lactones) is 4. The maximum absolute atomic E-state index is 14.6. The third kappa shape index (κ3) is 24.4. The number of aliphatic hydroxyl groups excluding tert-OH is 4. The second-order valence-corrected chi connectivity index (χ2v) is 38.3. The van der Waals surface area contributed by atoms with Crippen molar-refractivity contribution < 1.29 is 80.9 Å². The van der Waals surface area contributed by atoms with Crippen LogP contribution in [0.4, 0.5) is 23.4 Å². The summed E-state index contributed by atoms with van der Waals surface area (Å²) in [6, 6.07) is 44.5. The molecule has 3 aliphatic carbocycles. The van der Waals surface area contributed by atoms with Gasteiger partial charge < -0.3 is 49.0 Å². The molecule has 136 heavy (non-hydrogen) atoms. The molecule has 18 nitrogen and oxygen atoms in total. The van der Waals surface area contributed by atoms with E-state index >= 15 is 0 Å². The first-order chi connectivity index (χ1) is 64.2. The number of aliphatic hydroxyl groups is 4. The van der Waals surface area contributed by atoms with Crippen LogP contribution in [0.25, 0.3) is 102 Å². The summed E-state index contributed by atoms with van der Waals surface area (Å²) in [5, 5.41) is 43.1. The zero-order valence-electron chi connectivity index (χ0n) is 78.5. The van der Waals surface area contributed by atoms with Gasteiger partial charge in [0.25, 0.3) is 0 Å². The Morgan fingerprint density at radius 3 is 1.12 bits per heavy atom. The number of ether oxygens (including phenoxy) is 5. The van der Waals surface area contributed by atoms with Gasteiger partial charge in [0.1, 0.15) is 53.5 Å². The number of para-hydroxylation sites is 1. The summed E-state index contributed by atoms with van der Waals surface area (Å²) in [4.78, 5) is 69.4. The van der Waals surface area contributed by atoms with Crippen LogP contribution in [0, 0.1) is 23.3 Å². The Balaban J connectivity index is 0.000000153. The summed E-state index contributed by atoms with van der Waals surface area (Å²) in [5.41, 5.74) is 22.8. The van der Waals surface area contributed by atoms with E-state index in [1.165, 1.54) is 41.5 Å². The first-order valence-electron chi connectivity index (χ1n) is 47.2. The van der Waals surface area contributed by atoms with Crippen molar-refractivity contribution in [2.45, 2.75) is 277 Å². The van der Waals surface area contributed by atoms with Gasteiger partial charge in [0, 0.05) is 125 Å². The van der Waals surface area contributed by atoms with Gasteiger partial charge in [-0.2, -0.15) is 0 Å². The van der Waals surface area contributed by atoms with Crippen molar-refractivity contribution in [1.29, 1.82) is 0 Å². The third-order valence-corrected chi connectivity index (χ3v) is 25.7. The van der Waals surface area contributed by atoms with Crippen molar-refractivity contribution in [1.82, 2.24) is 19.9 Å². The normalized spacial score (nSPS) is 20.2. The molecule has 4 saturated heterocycles. The molecule has 8 atom stereocenters. The van der Waals surface area contributed by atoms with Gasteiger partial charge in [0.05, 0.1) is 96.0 Å². The molecule has 8 unspecified atom stereocenters. The third-order valence-electron chi connectivity index (χ3n) is 25.7. The average Bonchev–Trinajstić information content (AvgIpc) is 0.936. The lowest BCUT2D eigenvalue weighted by Crippen LogP contribution is -2.31. The van der Waals surface area contributed by atoms with Crippen LogP contribution in [0.5, 0.6) is 0 Å². The number of benzene rings is 7. The maximum atomic E-state index is 14.6. The monoisotopic (exact) mass is 1850 g/mol. The predicted octanol–water partition coefficient (Wildman–Crippen LogP) is 25.1. The Bertz CT molecular complexity index is 6310. The molecule has 0 spiro atoms. The Morgan fingerprint density at radius 1 is 0.390 bits per heavy atom. The van der Waals surface area contributed by atoms with Crippen molar-refractivity contribution in [3.05, 3.63) is 266 Å². The fourth-order valence-electron chi connectivity index (χ4n) is 18.3. The van der Waals surface area contributed by atoms with Crippen LogP contribution in [0.15, 0.2) is 170 Å². The fraction of sp³-hybridized carbons (Fsp3) is 0.404. The summed E-state index contributed by atoms with van der Waals surface area (Å²) in [5.74, 6) is 0.309. The van der Waals surface area contributed by atoms with Crippen LogP contribution in [0.2, 0.25) is 0 Å². The van der Waals surface area contributed by atoms with Gasteiger partial charge in [-0.25, -0.2) is 22.5 Å². The van der Waals surface area contributed by atoms with Crippen LogP contribution in [-0.2, 0) is 49.5 Å². The topological polar surface area (TPSA) is 250 Å². The number of aromatic nitrogens is 4. The minimum atomic E-state index is -0.723. The van der Waals surface area contributed by atoms with E-state index in [0.717, 1.165) is 172 Å². The number of anilines is 1. The van der Waals surface area contributed by atoms with E-state index in [1.807, 2.05) is 144 Å². The van der Waals surface area contributed by atoms with E-state index in [9.17, 15) is 57.2 Å². The highest BCUT2D eigenvalue weighted by molar-refractivity contribution is 6.03. The van der Waals surface area contributed by atoms with E-state index in [2.05, 4.69) is 84.0 Å². The zero-order valence-corrected chi connectivity index (χ0v) is 78.5. The van der Waals surface area contributed by atoms with Crippen LogP contribution >= 0.6 is 0 Å². The van der Waals surface area contributed by atoms with E-state index in [0.29, 0.717) is 73.0 Å². The minimum Gasteiger partial charge on any atom is -0.458 e. The quantitative estimate of drug-likeness (QED) is 0.0264. The number of hydrogen-bond acceptors (Lipinski definition) is 18. The van der Waals surface area contributed by atoms with Crippen molar-refractivity contribution >= 4 is 86.7 Å². The van der Waals surface area contributed by atoms with Gasteiger partial charge in [-0.3, -0.25) is 34.1 Å². The Hall–Kier alpha value is -11.9. The number of carbonyl (C=O) groups is 4. The molecule has 4 aromatic heterocycles. The van der Waals surface area contributed by atoms with Crippen LogP contribution in [0.3, 0.4) is 0 Å². The second-order valence-electron chi connectivity index (χ2n) is 38.3. The van der Waals surface area contributed by atoms with Gasteiger partial charge in [-0.05, 0) is 215 Å². The van der Waals surface area contributed by atoms with Crippen molar-refractivity contribution in [2.75, 3.05) is 26.1 Å². The molecule has 716 valence electrons. The summed E-state index contributed by atoms with van der Waals surface area (Å²) in [6.07, 6.45) is 18.6. The Labute approximate surface area is 796 Å². The molecular weight excluding hydrogens is 1720 g/mol. The Morgan fingerprint density at radius 2 is 0.743 bits per heavy atom. The number of carbonyl (C=O) groups excluding carboxylic acids is 4. The standard InChI is InChI=1S/C28H37FN2O4.3C28H28FNO3.2CH4/c1-16(2)22-12-18(8-11-24(22)29)26-21(10-9-20-13-19(32)14-25(33)35-20)27(17(3)4)30-28(31(5)6)23(26)15-34-7;1-16(2)19-7-12-25-24(13-19)27(17-5-8-20(29)9-6-17)23(28(30-25)18-3-4-18)11-10-22-14-21(31)15-26(32)33-22;1-16(2)19-7-11-23-25(13-19)30-28(18-3-4-18)24(27(23)17-5-8-20(29)9-6-17)12-10-22-14-21(31)15-26(32)33-22;1-16(2)23-13-18(9-12-24(23)29)27-21-5-3-4-6-25(21)30-28(17-7-8-17)22(27)11-10-20-14-19(31)15-26(32)33-20;;/h8-12,16-17,19-20,32H,13-15H2,1-7H3;2*5-13,16,18,21-22,31H,3-4,14-15H2,1-2H3;3-6,9-13,16-17,19-20,31H,7-8,14-15H2,1-2H3;2*1H4/b10-9+;11-10+;12-10+;11-10+;;. The SMILES string of the molecule is C.C.CC(C)c1cc(-c2c(/C=C/C3CC(O)CC(=O)O3)c(C3CC3)nc3ccccc23)ccc1F.CC(C)c1ccc2c(-c3ccc(F)cc3)c(/C=C/C3CC(O)CC(=O)O3)c(C3CC3)nc2c1.CC(C)c1ccc2nc(C3CC3)c(/C=C/C3CC(O)CC(=O)O3)c(-c3ccc(F)cc3)c2c1.COCc1c(N(C)C)nc(C(C)C)c(/C=C/C2CC(O)CC(=O)O2)c1-c1ccc(F)c(C(C)C)c1. The lowest BCUT2D eigenvalue weighted by atomic mass is 9.88. The molecule has 4 aliphatic heterocycles. The highest BCUT2D eigenvalue weighted by atomic mass is 19.1. The number of rotatable bonds is 23. The molecule has 4 N–H and O–H groups in total. The molecule has 0 amide bonds. The van der Waals surface area contributed by atoms with E-state index in [4.69, 9.17) is 43.6 Å². The summed E-state index contributed by atoms with van der Waals surface area (Å²) in [7, 11) is 5.53. The van der Waals surface area contributed by atoms with Gasteiger partial charge in [0.2, 0.25) is 0 Å². The molecule has 0 bridgehead atoms. The Kier molecular flexibility index (Phi) is 33.2. The first-order valence-corrected chi connectivity index (χ1v) is 47.2. The molecule has 3 saturated carbocycles. The number of esters is 4. The van der Waals surface area contributed by atoms with Crippen molar-refractivity contribution in [3.63, 3.8) is 0 Å². The minimum absolute atomic E-state index is 0. The number of fused-ring (bicyclic) bond motifs is 3. The van der Waals surface area contributed by atoms with Crippen molar-refractivity contribution in [3.8, 4) is 44.5 Å². The van der Waals surface area contributed by atoms with Crippen LogP contribution in [0.1, 0.15) is 294 Å². The van der Waals surface area contributed by atoms with E-state index < -0.39 is 54.8 Å². The largest absolute Gasteiger partial charge is 0.458 e. The molecule has 7 aromatic carbocycles. The number of nitrogens with zero attached hydrogens (tertiary/aromatic N) is 5. The molecule has 22 heteroatoms. The van der Waals surface area contributed by atoms with Gasteiger partial charge in [-0.15, -0.1) is 0 Å². The molecule has 0 radical (unpaired) electrons. The molecule has 18 rings (SSSR count). The first kappa shape index (κ1) is 102. The maximum Gasteiger partial charge on any atom is 0.309 e. The highest BCUT2D eigenvalue weighted by Crippen LogP contribution is 2.51. The molecule has 8 heterocycles. The summed E-state index contributed by atoms with van der Waals surface area (Å²) in [6.45, 7) is 21.1. The van der Waals surface area contributed by atoms with E-state index in [1.54, 1.807) is 31.4 Å². The summed E-state index contributed by atoms with van der Waals surface area (Å²) < 4.78 is 84.0. The predicted molar refractivity (Wildman–Crippen MR) is 533 cm³/mol. The summed E-state index contributed by atoms with van der Waals surface area (Å²) >= 11 is 0. The molecular formula is C114H129F4N5O13. The number of hydrogen-bond donors (Lipinski definition) is 4. The highest BCUT2D eigenvalue weighted by Gasteiger charge is 2.37. The number of halogens is 4. The van der Waals surface area contributed by atoms with Crippen LogP contribution < -0.4 is 4.90 Å². The molecule has 7 aliphatic rings. The van der Waals surface area contributed by atoms with E-state index in [-0.39, 0.29) is 99.5 Å². The smallest absolute Gasteiger partial charge is 0.309 e. The zero-order chi connectivity index (χ0) is 95.2. The van der Waals surface area contributed by atoms with Crippen molar-refractivity contribution in [2.24, 2.45) is 0 Å². The van der Waals surface area contributed by atoms with Gasteiger partial charge in [0.15, 0.2) is 0 Å².